The zero-order valence-electron chi connectivity index (χ0n) is 11.5. The van der Waals surface area contributed by atoms with E-state index in [1.54, 1.807) is 4.90 Å². The van der Waals surface area contributed by atoms with Crippen LogP contribution < -0.4 is 0 Å². The lowest BCUT2D eigenvalue weighted by Gasteiger charge is -2.28. The van der Waals surface area contributed by atoms with E-state index in [4.69, 9.17) is 4.74 Å². The number of β-amino-alcohol motifs (C(OH)–C–C–N with tert-alkyl or cyclic N) is 1. The van der Waals surface area contributed by atoms with Crippen molar-refractivity contribution in [2.45, 2.75) is 51.0 Å². The summed E-state index contributed by atoms with van der Waals surface area (Å²) in [4.78, 5) is 1.73. The highest BCUT2D eigenvalue weighted by molar-refractivity contribution is 5.01. The van der Waals surface area contributed by atoms with E-state index in [1.165, 1.54) is 0 Å². The molecule has 1 atom stereocenters. The van der Waals surface area contributed by atoms with Gasteiger partial charge in [-0.2, -0.15) is 13.2 Å². The number of ether oxygens (including phenoxy) is 1. The number of rotatable bonds is 5. The fraction of sp³-hybridized carbons (Fsp3) is 1.00. The molecule has 1 heterocycles. The molecule has 0 amide bonds. The number of aliphatic hydroxyl groups is 1. The smallest absolute Gasteiger partial charge is 0.379 e. The lowest BCUT2D eigenvalue weighted by molar-refractivity contribution is -0.254. The molecule has 3 nitrogen and oxygen atoms in total. The summed E-state index contributed by atoms with van der Waals surface area (Å²) in [5.41, 5.74) is -2.51. The number of hydrogen-bond donors (Lipinski definition) is 1. The van der Waals surface area contributed by atoms with Gasteiger partial charge in [0.1, 0.15) is 0 Å². The highest BCUT2D eigenvalue weighted by atomic mass is 19.4. The number of hydrogen-bond acceptors (Lipinski definition) is 3. The van der Waals surface area contributed by atoms with Gasteiger partial charge < -0.3 is 9.84 Å². The summed E-state index contributed by atoms with van der Waals surface area (Å²) in [5, 5.41) is 9.64. The van der Waals surface area contributed by atoms with E-state index < -0.39 is 11.8 Å². The van der Waals surface area contributed by atoms with Crippen LogP contribution in [-0.4, -0.2) is 54.1 Å². The first-order valence-corrected chi connectivity index (χ1v) is 6.79. The molecule has 0 bridgehead atoms. The molecule has 1 unspecified atom stereocenters. The zero-order chi connectivity index (χ0) is 14.3. The molecule has 0 aromatic rings. The van der Waals surface area contributed by atoms with Crippen molar-refractivity contribution >= 4 is 0 Å². The molecule has 6 heteroatoms. The Morgan fingerprint density at radius 2 is 1.89 bits per heavy atom. The predicted octanol–water partition coefficient (Wildman–Crippen LogP) is 2.19. The molecule has 2 aliphatic rings. The topological polar surface area (TPSA) is 32.7 Å². The molecule has 2 fully saturated rings. The van der Waals surface area contributed by atoms with Crippen molar-refractivity contribution in [1.82, 2.24) is 4.90 Å². The maximum absolute atomic E-state index is 12.7. The Morgan fingerprint density at radius 1 is 1.26 bits per heavy atom. The monoisotopic (exact) mass is 281 g/mol. The third kappa shape index (κ3) is 3.41. The minimum Gasteiger partial charge on any atom is -0.379 e. The minimum absolute atomic E-state index is 0.0150. The van der Waals surface area contributed by atoms with E-state index in [0.29, 0.717) is 19.7 Å². The average molecular weight is 281 g/mol. The quantitative estimate of drug-likeness (QED) is 0.838. The summed E-state index contributed by atoms with van der Waals surface area (Å²) >= 11 is 0. The van der Waals surface area contributed by atoms with Crippen LogP contribution in [0.2, 0.25) is 0 Å². The van der Waals surface area contributed by atoms with Gasteiger partial charge in [0, 0.05) is 25.0 Å². The molecule has 1 saturated carbocycles. The second-order valence-electron chi connectivity index (χ2n) is 6.35. The van der Waals surface area contributed by atoms with E-state index in [1.807, 2.05) is 13.8 Å². The van der Waals surface area contributed by atoms with Crippen molar-refractivity contribution in [1.29, 1.82) is 0 Å². The number of nitrogens with zero attached hydrogens (tertiary/aromatic N) is 1. The highest BCUT2D eigenvalue weighted by Crippen LogP contribution is 2.48. The Kier molecular flexibility index (Phi) is 3.88. The van der Waals surface area contributed by atoms with Gasteiger partial charge in [-0.1, -0.05) is 0 Å². The second-order valence-corrected chi connectivity index (χ2v) is 6.35. The van der Waals surface area contributed by atoms with Crippen LogP contribution in [0.4, 0.5) is 13.2 Å². The first-order valence-electron chi connectivity index (χ1n) is 6.79. The van der Waals surface area contributed by atoms with Crippen LogP contribution in [-0.2, 0) is 4.74 Å². The van der Waals surface area contributed by atoms with Crippen LogP contribution in [0.3, 0.4) is 0 Å². The Bertz CT molecular complexity index is 328. The van der Waals surface area contributed by atoms with Crippen LogP contribution in [0.25, 0.3) is 0 Å². The first-order chi connectivity index (χ1) is 8.66. The molecule has 0 radical (unpaired) electrons. The Morgan fingerprint density at radius 3 is 2.32 bits per heavy atom. The molecule has 1 N–H and O–H groups in total. The van der Waals surface area contributed by atoms with E-state index in [2.05, 4.69) is 0 Å². The molecule has 0 spiro atoms. The third-order valence-corrected chi connectivity index (χ3v) is 4.09. The number of halogens is 3. The van der Waals surface area contributed by atoms with Crippen molar-refractivity contribution in [2.24, 2.45) is 5.41 Å². The van der Waals surface area contributed by atoms with Gasteiger partial charge in [-0.05, 0) is 33.1 Å². The fourth-order valence-electron chi connectivity index (χ4n) is 2.58. The van der Waals surface area contributed by atoms with E-state index in [0.717, 1.165) is 12.8 Å². The second kappa shape index (κ2) is 4.90. The van der Waals surface area contributed by atoms with Crippen molar-refractivity contribution in [3.8, 4) is 0 Å². The molecule has 2 rings (SSSR count). The minimum atomic E-state index is -4.53. The summed E-state index contributed by atoms with van der Waals surface area (Å²) in [6, 6.07) is 0. The first kappa shape index (κ1) is 15.1. The molecule has 0 aromatic carbocycles. The van der Waals surface area contributed by atoms with Crippen molar-refractivity contribution < 1.29 is 23.0 Å². The molecule has 1 aliphatic heterocycles. The van der Waals surface area contributed by atoms with E-state index in [9.17, 15) is 18.3 Å². The maximum atomic E-state index is 12.7. The fourth-order valence-corrected chi connectivity index (χ4v) is 2.58. The van der Waals surface area contributed by atoms with Crippen LogP contribution in [0.15, 0.2) is 0 Å². The van der Waals surface area contributed by atoms with Crippen LogP contribution >= 0.6 is 0 Å². The van der Waals surface area contributed by atoms with E-state index >= 15 is 0 Å². The van der Waals surface area contributed by atoms with Gasteiger partial charge in [-0.3, -0.25) is 4.90 Å². The SMILES string of the molecule is CC(C)OCC1(CN2CCC(O)(C(F)(F)F)C2)CC1. The van der Waals surface area contributed by atoms with Crippen molar-refractivity contribution in [2.75, 3.05) is 26.2 Å². The Hall–Kier alpha value is -0.330. The standard InChI is InChI=1S/C13H22F3NO2/c1-10(2)19-9-11(3-4-11)7-17-6-5-12(18,8-17)13(14,15)16/h10,18H,3-9H2,1-2H3. The summed E-state index contributed by atoms with van der Waals surface area (Å²) < 4.78 is 43.7. The van der Waals surface area contributed by atoms with Gasteiger partial charge in [0.25, 0.3) is 0 Å². The van der Waals surface area contributed by atoms with Gasteiger partial charge in [-0.15, -0.1) is 0 Å². The number of likely N-dealkylation sites (tertiary alicyclic amines) is 1. The maximum Gasteiger partial charge on any atom is 0.418 e. The number of alkyl halides is 3. The van der Waals surface area contributed by atoms with E-state index in [-0.39, 0.29) is 24.5 Å². The van der Waals surface area contributed by atoms with Crippen molar-refractivity contribution in [3.05, 3.63) is 0 Å². The van der Waals surface area contributed by atoms with Crippen LogP contribution in [0, 0.1) is 5.41 Å². The van der Waals surface area contributed by atoms with Crippen LogP contribution in [0.5, 0.6) is 0 Å². The Labute approximate surface area is 111 Å². The highest BCUT2D eigenvalue weighted by Gasteiger charge is 2.58. The zero-order valence-corrected chi connectivity index (χ0v) is 11.5. The van der Waals surface area contributed by atoms with Crippen molar-refractivity contribution in [3.63, 3.8) is 0 Å². The van der Waals surface area contributed by atoms with Gasteiger partial charge in [0.2, 0.25) is 0 Å². The molecule has 0 aromatic heterocycles. The lowest BCUT2D eigenvalue weighted by atomic mass is 10.0. The van der Waals surface area contributed by atoms with Gasteiger partial charge in [-0.25, -0.2) is 0 Å². The predicted molar refractivity (Wildman–Crippen MR) is 64.8 cm³/mol. The summed E-state index contributed by atoms with van der Waals surface area (Å²) in [5.74, 6) is 0. The van der Waals surface area contributed by atoms with Crippen LogP contribution in [0.1, 0.15) is 33.1 Å². The molecule has 112 valence electrons. The molecular weight excluding hydrogens is 259 g/mol. The third-order valence-electron chi connectivity index (χ3n) is 4.09. The Balaban J connectivity index is 1.86. The average Bonchev–Trinajstić information content (AvgIpc) is 2.92. The lowest BCUT2D eigenvalue weighted by Crippen LogP contribution is -2.48. The summed E-state index contributed by atoms with van der Waals surface area (Å²) in [6.45, 7) is 5.10. The molecule has 1 saturated heterocycles. The van der Waals surface area contributed by atoms with Gasteiger partial charge in [0.15, 0.2) is 5.60 Å². The molecule has 1 aliphatic carbocycles. The molecule has 19 heavy (non-hydrogen) atoms. The van der Waals surface area contributed by atoms with Gasteiger partial charge in [0.05, 0.1) is 12.7 Å². The largest absolute Gasteiger partial charge is 0.418 e. The van der Waals surface area contributed by atoms with Gasteiger partial charge >= 0.3 is 6.18 Å². The molecular formula is C13H22F3NO2. The summed E-state index contributed by atoms with van der Waals surface area (Å²) in [7, 11) is 0. The normalized spacial score (nSPS) is 31.1. The summed E-state index contributed by atoms with van der Waals surface area (Å²) in [6.07, 6.45) is -2.62.